The maximum absolute atomic E-state index is 5.92. The van der Waals surface area contributed by atoms with E-state index in [1.165, 1.54) is 0 Å². The van der Waals surface area contributed by atoms with Gasteiger partial charge in [-0.25, -0.2) is 0 Å². The van der Waals surface area contributed by atoms with Crippen molar-refractivity contribution in [1.29, 1.82) is 0 Å². The van der Waals surface area contributed by atoms with E-state index in [-0.39, 0.29) is 0 Å². The third kappa shape index (κ3) is 3.77. The van der Waals surface area contributed by atoms with Crippen LogP contribution in [0.1, 0.15) is 19.8 Å². The van der Waals surface area contributed by atoms with Crippen molar-refractivity contribution in [3.8, 4) is 5.75 Å². The molecule has 1 aliphatic heterocycles. The first-order chi connectivity index (χ1) is 9.20. The van der Waals surface area contributed by atoms with Crippen LogP contribution in [-0.4, -0.2) is 44.7 Å². The standard InChI is InChI=1S/C15H25N3O/c1-3-4-11-19-15-6-5-13(16)12-14(15)18-9-7-17(2)8-10-18/h5-6,12H,3-4,7-11,16H2,1-2H3. The number of nitrogen functional groups attached to an aromatic ring is 1. The molecule has 0 aliphatic carbocycles. The zero-order chi connectivity index (χ0) is 13.7. The number of anilines is 2. The summed E-state index contributed by atoms with van der Waals surface area (Å²) in [5.41, 5.74) is 7.87. The van der Waals surface area contributed by atoms with Crippen LogP contribution in [0.25, 0.3) is 0 Å². The summed E-state index contributed by atoms with van der Waals surface area (Å²) in [4.78, 5) is 4.72. The Balaban J connectivity index is 2.10. The van der Waals surface area contributed by atoms with E-state index >= 15 is 0 Å². The van der Waals surface area contributed by atoms with Crippen molar-refractivity contribution in [1.82, 2.24) is 4.90 Å². The van der Waals surface area contributed by atoms with Crippen LogP contribution in [0.15, 0.2) is 18.2 Å². The molecule has 1 fully saturated rings. The number of nitrogens with two attached hydrogens (primary N) is 1. The number of hydrogen-bond donors (Lipinski definition) is 1. The van der Waals surface area contributed by atoms with E-state index in [1.807, 2.05) is 18.2 Å². The molecule has 1 aliphatic rings. The van der Waals surface area contributed by atoms with Crippen LogP contribution >= 0.6 is 0 Å². The molecule has 0 bridgehead atoms. The van der Waals surface area contributed by atoms with E-state index in [2.05, 4.69) is 23.8 Å². The summed E-state index contributed by atoms with van der Waals surface area (Å²) in [5, 5.41) is 0. The van der Waals surface area contributed by atoms with Crippen molar-refractivity contribution in [3.63, 3.8) is 0 Å². The fourth-order valence-corrected chi connectivity index (χ4v) is 2.28. The highest BCUT2D eigenvalue weighted by molar-refractivity contribution is 5.65. The molecule has 106 valence electrons. The second-order valence-electron chi connectivity index (χ2n) is 5.22. The van der Waals surface area contributed by atoms with Gasteiger partial charge in [-0.3, -0.25) is 0 Å². The Labute approximate surface area is 116 Å². The molecule has 1 aromatic rings. The van der Waals surface area contributed by atoms with Gasteiger partial charge in [0.2, 0.25) is 0 Å². The predicted octanol–water partition coefficient (Wildman–Crippen LogP) is 2.20. The van der Waals surface area contributed by atoms with Crippen LogP contribution in [-0.2, 0) is 0 Å². The van der Waals surface area contributed by atoms with E-state index < -0.39 is 0 Å². The molecule has 19 heavy (non-hydrogen) atoms. The largest absolute Gasteiger partial charge is 0.491 e. The molecule has 1 aromatic carbocycles. The third-order valence-corrected chi connectivity index (χ3v) is 3.58. The molecule has 4 nitrogen and oxygen atoms in total. The van der Waals surface area contributed by atoms with Gasteiger partial charge in [-0.2, -0.15) is 0 Å². The fraction of sp³-hybridized carbons (Fsp3) is 0.600. The smallest absolute Gasteiger partial charge is 0.142 e. The summed E-state index contributed by atoms with van der Waals surface area (Å²) >= 11 is 0. The van der Waals surface area contributed by atoms with E-state index in [9.17, 15) is 0 Å². The van der Waals surface area contributed by atoms with Crippen LogP contribution in [0.5, 0.6) is 5.75 Å². The molecule has 1 saturated heterocycles. The number of unbranched alkanes of at least 4 members (excludes halogenated alkanes) is 1. The molecule has 0 spiro atoms. The molecular formula is C15H25N3O. The first kappa shape index (κ1) is 14.0. The van der Waals surface area contributed by atoms with Crippen molar-refractivity contribution in [2.24, 2.45) is 0 Å². The number of rotatable bonds is 5. The van der Waals surface area contributed by atoms with Gasteiger partial charge in [0.1, 0.15) is 5.75 Å². The van der Waals surface area contributed by atoms with Crippen LogP contribution in [0, 0.1) is 0 Å². The number of nitrogens with zero attached hydrogens (tertiary/aromatic N) is 2. The van der Waals surface area contributed by atoms with E-state index in [0.29, 0.717) is 0 Å². The molecule has 0 saturated carbocycles. The number of benzene rings is 1. The molecule has 0 unspecified atom stereocenters. The highest BCUT2D eigenvalue weighted by Crippen LogP contribution is 2.31. The van der Waals surface area contributed by atoms with E-state index in [1.54, 1.807) is 0 Å². The van der Waals surface area contributed by atoms with E-state index in [4.69, 9.17) is 10.5 Å². The molecule has 0 radical (unpaired) electrons. The first-order valence-corrected chi connectivity index (χ1v) is 7.16. The SMILES string of the molecule is CCCCOc1ccc(N)cc1N1CCN(C)CC1. The van der Waals surface area contributed by atoms with Gasteiger partial charge in [-0.05, 0) is 31.7 Å². The lowest BCUT2D eigenvalue weighted by molar-refractivity contribution is 0.298. The predicted molar refractivity (Wildman–Crippen MR) is 81.0 cm³/mol. The maximum Gasteiger partial charge on any atom is 0.142 e. The van der Waals surface area contributed by atoms with Crippen molar-refractivity contribution >= 4 is 11.4 Å². The minimum Gasteiger partial charge on any atom is -0.491 e. The number of ether oxygens (including phenoxy) is 1. The van der Waals surface area contributed by atoms with Gasteiger partial charge in [0.15, 0.2) is 0 Å². The number of hydrogen-bond acceptors (Lipinski definition) is 4. The van der Waals surface area contributed by atoms with Crippen molar-refractivity contribution in [2.45, 2.75) is 19.8 Å². The van der Waals surface area contributed by atoms with Gasteiger partial charge in [0, 0.05) is 31.9 Å². The Morgan fingerprint density at radius 3 is 2.63 bits per heavy atom. The summed E-state index contributed by atoms with van der Waals surface area (Å²) < 4.78 is 5.90. The summed E-state index contributed by atoms with van der Waals surface area (Å²) in [6, 6.07) is 5.95. The number of piperazine rings is 1. The monoisotopic (exact) mass is 263 g/mol. The second-order valence-corrected chi connectivity index (χ2v) is 5.22. The van der Waals surface area contributed by atoms with Gasteiger partial charge < -0.3 is 20.3 Å². The van der Waals surface area contributed by atoms with Crippen LogP contribution in [0.4, 0.5) is 11.4 Å². The fourth-order valence-electron chi connectivity index (χ4n) is 2.28. The highest BCUT2D eigenvalue weighted by atomic mass is 16.5. The lowest BCUT2D eigenvalue weighted by atomic mass is 10.2. The quantitative estimate of drug-likeness (QED) is 0.653. The summed E-state index contributed by atoms with van der Waals surface area (Å²) in [7, 11) is 2.16. The molecule has 2 N–H and O–H groups in total. The summed E-state index contributed by atoms with van der Waals surface area (Å²) in [6.07, 6.45) is 2.24. The molecule has 2 rings (SSSR count). The Morgan fingerprint density at radius 2 is 1.95 bits per heavy atom. The molecule has 1 heterocycles. The molecule has 0 atom stereocenters. The molecular weight excluding hydrogens is 238 g/mol. The summed E-state index contributed by atoms with van der Waals surface area (Å²) in [5.74, 6) is 0.965. The Hall–Kier alpha value is -1.42. The van der Waals surface area contributed by atoms with Gasteiger partial charge in [0.25, 0.3) is 0 Å². The zero-order valence-corrected chi connectivity index (χ0v) is 12.1. The molecule has 0 amide bonds. The highest BCUT2D eigenvalue weighted by Gasteiger charge is 2.17. The average molecular weight is 263 g/mol. The average Bonchev–Trinajstić information content (AvgIpc) is 2.41. The van der Waals surface area contributed by atoms with Gasteiger partial charge >= 0.3 is 0 Å². The second kappa shape index (κ2) is 6.66. The summed E-state index contributed by atoms with van der Waals surface area (Å²) in [6.45, 7) is 7.19. The van der Waals surface area contributed by atoms with Crippen LogP contribution < -0.4 is 15.4 Å². The first-order valence-electron chi connectivity index (χ1n) is 7.16. The Bertz CT molecular complexity index is 400. The lowest BCUT2D eigenvalue weighted by Gasteiger charge is -2.35. The molecule has 0 aromatic heterocycles. The van der Waals surface area contributed by atoms with Crippen molar-refractivity contribution in [2.75, 3.05) is 50.5 Å². The Kier molecular flexibility index (Phi) is 4.91. The third-order valence-electron chi connectivity index (χ3n) is 3.58. The van der Waals surface area contributed by atoms with Crippen molar-refractivity contribution in [3.05, 3.63) is 18.2 Å². The zero-order valence-electron chi connectivity index (χ0n) is 12.1. The van der Waals surface area contributed by atoms with Gasteiger partial charge in [0.05, 0.1) is 12.3 Å². The normalized spacial score (nSPS) is 16.6. The lowest BCUT2D eigenvalue weighted by Crippen LogP contribution is -2.44. The van der Waals surface area contributed by atoms with Crippen molar-refractivity contribution < 1.29 is 4.74 Å². The topological polar surface area (TPSA) is 41.7 Å². The van der Waals surface area contributed by atoms with Gasteiger partial charge in [-0.15, -0.1) is 0 Å². The van der Waals surface area contributed by atoms with Crippen LogP contribution in [0.3, 0.4) is 0 Å². The number of likely N-dealkylation sites (N-methyl/N-ethyl adjacent to an activating group) is 1. The Morgan fingerprint density at radius 1 is 1.21 bits per heavy atom. The van der Waals surface area contributed by atoms with Crippen LogP contribution in [0.2, 0.25) is 0 Å². The maximum atomic E-state index is 5.92. The molecule has 4 heteroatoms. The van der Waals surface area contributed by atoms with Gasteiger partial charge in [-0.1, -0.05) is 13.3 Å². The van der Waals surface area contributed by atoms with E-state index in [0.717, 1.165) is 62.8 Å². The minimum absolute atomic E-state index is 0.779. The minimum atomic E-state index is 0.779.